The number of rotatable bonds is 4. The van der Waals surface area contributed by atoms with Crippen molar-refractivity contribution in [3.63, 3.8) is 0 Å². The van der Waals surface area contributed by atoms with Gasteiger partial charge in [0, 0.05) is 12.3 Å². The number of ketones is 1. The molecule has 0 aromatic rings. The summed E-state index contributed by atoms with van der Waals surface area (Å²) in [4.78, 5) is 25.1. The summed E-state index contributed by atoms with van der Waals surface area (Å²) in [6.07, 6.45) is 16.4. The lowest BCUT2D eigenvalue weighted by Gasteiger charge is -2.62. The highest BCUT2D eigenvalue weighted by molar-refractivity contribution is 5.79. The van der Waals surface area contributed by atoms with Crippen molar-refractivity contribution in [3.05, 3.63) is 0 Å². The van der Waals surface area contributed by atoms with E-state index >= 15 is 0 Å². The molecule has 0 N–H and O–H groups in total. The van der Waals surface area contributed by atoms with Crippen LogP contribution in [0.5, 0.6) is 0 Å². The van der Waals surface area contributed by atoms with Gasteiger partial charge in [-0.1, -0.05) is 26.7 Å². The van der Waals surface area contributed by atoms with Crippen LogP contribution in [0.3, 0.4) is 0 Å². The maximum Gasteiger partial charge on any atom is 0.306 e. The zero-order valence-electron chi connectivity index (χ0n) is 21.1. The summed E-state index contributed by atoms with van der Waals surface area (Å²) < 4.78 is 6.22. The van der Waals surface area contributed by atoms with E-state index in [0.29, 0.717) is 35.4 Å². The van der Waals surface area contributed by atoms with Crippen molar-refractivity contribution < 1.29 is 14.3 Å². The van der Waals surface area contributed by atoms with Crippen molar-refractivity contribution in [2.24, 2.45) is 46.3 Å². The molecule has 180 valence electrons. The highest BCUT2D eigenvalue weighted by atomic mass is 16.6. The quantitative estimate of drug-likeness (QED) is 0.435. The first-order chi connectivity index (χ1) is 15.1. The van der Waals surface area contributed by atoms with Gasteiger partial charge in [0.1, 0.15) is 11.4 Å². The van der Waals surface area contributed by atoms with E-state index < -0.39 is 0 Å². The van der Waals surface area contributed by atoms with E-state index in [1.54, 1.807) is 0 Å². The molecule has 5 aliphatic carbocycles. The number of carbonyl (C=O) groups excluding carboxylic acids is 2. The number of hydrogen-bond donors (Lipinski definition) is 0. The molecule has 0 saturated heterocycles. The first kappa shape index (κ1) is 22.9. The van der Waals surface area contributed by atoms with Gasteiger partial charge in [-0.05, 0) is 125 Å². The van der Waals surface area contributed by atoms with Crippen molar-refractivity contribution >= 4 is 11.8 Å². The van der Waals surface area contributed by atoms with Gasteiger partial charge in [-0.3, -0.25) is 9.59 Å². The van der Waals surface area contributed by atoms with Gasteiger partial charge >= 0.3 is 5.97 Å². The molecule has 5 aliphatic rings. The highest BCUT2D eigenvalue weighted by Crippen LogP contribution is 2.68. The molecule has 5 fully saturated rings. The Morgan fingerprint density at radius 3 is 2.25 bits per heavy atom. The Morgan fingerprint density at radius 1 is 0.812 bits per heavy atom. The topological polar surface area (TPSA) is 43.4 Å². The number of Topliss-reactive ketones (excluding diaryl/α,β-unsaturated/α-hetero) is 1. The predicted octanol–water partition coefficient (Wildman–Crippen LogP) is 7.12. The molecule has 0 radical (unpaired) electrons. The average Bonchev–Trinajstić information content (AvgIpc) is 3.35. The van der Waals surface area contributed by atoms with E-state index in [9.17, 15) is 9.59 Å². The summed E-state index contributed by atoms with van der Waals surface area (Å²) >= 11 is 0. The van der Waals surface area contributed by atoms with Crippen molar-refractivity contribution in [1.29, 1.82) is 0 Å². The molecule has 5 rings (SSSR count). The molecular weight excluding hydrogens is 396 g/mol. The largest absolute Gasteiger partial charge is 0.459 e. The maximum absolute atomic E-state index is 12.7. The molecule has 5 saturated carbocycles. The first-order valence-corrected chi connectivity index (χ1v) is 13.9. The van der Waals surface area contributed by atoms with Crippen LogP contribution >= 0.6 is 0 Å². The van der Waals surface area contributed by atoms with Crippen molar-refractivity contribution in [3.8, 4) is 0 Å². The Morgan fingerprint density at radius 2 is 1.53 bits per heavy atom. The smallest absolute Gasteiger partial charge is 0.306 e. The van der Waals surface area contributed by atoms with Crippen LogP contribution in [0.4, 0.5) is 0 Å². The summed E-state index contributed by atoms with van der Waals surface area (Å²) in [6, 6.07) is 0. The lowest BCUT2D eigenvalue weighted by atomic mass is 9.44. The number of hydrogen-bond acceptors (Lipinski definition) is 3. The zero-order valence-corrected chi connectivity index (χ0v) is 21.1. The first-order valence-electron chi connectivity index (χ1n) is 13.9. The summed E-state index contributed by atoms with van der Waals surface area (Å²) in [7, 11) is 0. The Kier molecular flexibility index (Phi) is 5.81. The lowest BCUT2D eigenvalue weighted by molar-refractivity contribution is -0.182. The number of ether oxygens (including phenoxy) is 1. The molecule has 0 bridgehead atoms. The third-order valence-corrected chi connectivity index (χ3v) is 11.7. The Hall–Kier alpha value is -0.860. The van der Waals surface area contributed by atoms with Gasteiger partial charge in [0.05, 0.1) is 0 Å². The molecule has 32 heavy (non-hydrogen) atoms. The van der Waals surface area contributed by atoms with Crippen molar-refractivity contribution in [2.45, 2.75) is 123 Å². The van der Waals surface area contributed by atoms with Crippen LogP contribution in [0.15, 0.2) is 0 Å². The van der Waals surface area contributed by atoms with Crippen molar-refractivity contribution in [1.82, 2.24) is 0 Å². The standard InChI is InChI=1S/C29H46O3/c1-19(30)23-11-12-24-22-10-9-21-18-27(2,32-26(31)17-20-7-5-6-8-20)15-16-28(21,3)25(22)13-14-29(23,24)4/h20-25H,5-18H2,1-4H3/t21-,22-,23+,24-,25-,27+,28-,29+/m0/s1. The molecule has 8 atom stereocenters. The van der Waals surface area contributed by atoms with Crippen LogP contribution in [-0.2, 0) is 14.3 Å². The fourth-order valence-corrected chi connectivity index (χ4v) is 9.94. The van der Waals surface area contributed by atoms with Gasteiger partial charge in [0.25, 0.3) is 0 Å². The third kappa shape index (κ3) is 3.68. The van der Waals surface area contributed by atoms with Gasteiger partial charge in [-0.25, -0.2) is 0 Å². The van der Waals surface area contributed by atoms with E-state index in [1.165, 1.54) is 64.2 Å². The highest BCUT2D eigenvalue weighted by Gasteiger charge is 2.61. The zero-order chi connectivity index (χ0) is 22.7. The fourth-order valence-electron chi connectivity index (χ4n) is 9.94. The van der Waals surface area contributed by atoms with Gasteiger partial charge in [0.2, 0.25) is 0 Å². The maximum atomic E-state index is 12.7. The summed E-state index contributed by atoms with van der Waals surface area (Å²) in [5.41, 5.74) is 0.369. The van der Waals surface area contributed by atoms with E-state index in [-0.39, 0.29) is 17.0 Å². The molecular formula is C29H46O3. The van der Waals surface area contributed by atoms with Gasteiger partial charge in [-0.2, -0.15) is 0 Å². The predicted molar refractivity (Wildman–Crippen MR) is 127 cm³/mol. The Bertz CT molecular complexity index is 754. The van der Waals surface area contributed by atoms with Crippen molar-refractivity contribution in [2.75, 3.05) is 0 Å². The minimum atomic E-state index is -0.261. The summed E-state index contributed by atoms with van der Waals surface area (Å²) in [5, 5.41) is 0. The van der Waals surface area contributed by atoms with Crippen LogP contribution in [0.25, 0.3) is 0 Å². The second kappa shape index (κ2) is 8.12. The van der Waals surface area contributed by atoms with Gasteiger partial charge < -0.3 is 4.74 Å². The normalized spacial score (nSPS) is 48.6. The van der Waals surface area contributed by atoms with E-state index in [2.05, 4.69) is 20.8 Å². The summed E-state index contributed by atoms with van der Waals surface area (Å²) in [6.45, 7) is 9.08. The Labute approximate surface area is 195 Å². The second-order valence-electron chi connectivity index (χ2n) is 13.4. The van der Waals surface area contributed by atoms with Crippen LogP contribution in [-0.4, -0.2) is 17.4 Å². The molecule has 0 aliphatic heterocycles. The molecule has 0 spiro atoms. The molecule has 0 aromatic heterocycles. The van der Waals surface area contributed by atoms with Crippen LogP contribution in [0.2, 0.25) is 0 Å². The van der Waals surface area contributed by atoms with E-state index in [0.717, 1.165) is 37.0 Å². The third-order valence-electron chi connectivity index (χ3n) is 11.7. The lowest BCUT2D eigenvalue weighted by Crippen LogP contribution is -2.56. The van der Waals surface area contributed by atoms with Gasteiger partial charge in [0.15, 0.2) is 0 Å². The van der Waals surface area contributed by atoms with Crippen LogP contribution in [0.1, 0.15) is 118 Å². The molecule has 0 heterocycles. The number of carbonyl (C=O) groups is 2. The number of fused-ring (bicyclic) bond motifs is 5. The average molecular weight is 443 g/mol. The fraction of sp³-hybridized carbons (Fsp3) is 0.931. The minimum absolute atomic E-state index is 0.0614. The monoisotopic (exact) mass is 442 g/mol. The van der Waals surface area contributed by atoms with Gasteiger partial charge in [-0.15, -0.1) is 0 Å². The number of esters is 1. The Balaban J connectivity index is 1.26. The van der Waals surface area contributed by atoms with E-state index in [4.69, 9.17) is 4.74 Å². The van der Waals surface area contributed by atoms with Crippen LogP contribution < -0.4 is 0 Å². The van der Waals surface area contributed by atoms with E-state index in [1.807, 2.05) is 6.92 Å². The van der Waals surface area contributed by atoms with Crippen LogP contribution in [0, 0.1) is 46.3 Å². The molecule has 3 nitrogen and oxygen atoms in total. The molecule has 3 heteroatoms. The second-order valence-corrected chi connectivity index (χ2v) is 13.4. The minimum Gasteiger partial charge on any atom is -0.459 e. The SMILES string of the molecule is CC(=O)[C@H]1CC[C@H]2[C@@H]3CC[C@H]4C[C@](C)(OC(=O)CC5CCCC5)CC[C@]4(C)[C@H]3CC[C@]12C. The molecule has 0 unspecified atom stereocenters. The summed E-state index contributed by atoms with van der Waals surface area (Å²) in [5.74, 6) is 4.37. The molecule has 0 amide bonds. The molecule has 0 aromatic carbocycles.